The lowest BCUT2D eigenvalue weighted by Gasteiger charge is -2.21. The van der Waals surface area contributed by atoms with Gasteiger partial charge in [0.25, 0.3) is 0 Å². The van der Waals surface area contributed by atoms with Crippen LogP contribution >= 0.6 is 0 Å². The summed E-state index contributed by atoms with van der Waals surface area (Å²) in [7, 11) is 1.69. The van der Waals surface area contributed by atoms with Crippen LogP contribution in [0.15, 0.2) is 35.9 Å². The molecule has 0 atom stereocenters. The summed E-state index contributed by atoms with van der Waals surface area (Å²) in [5, 5.41) is 9.11. The van der Waals surface area contributed by atoms with Gasteiger partial charge in [-0.3, -0.25) is 4.90 Å². The number of aliphatic hydroxyl groups is 1. The van der Waals surface area contributed by atoms with Gasteiger partial charge in [0.1, 0.15) is 5.75 Å². The molecule has 0 radical (unpaired) electrons. The van der Waals surface area contributed by atoms with Crippen LogP contribution in [0.4, 0.5) is 0 Å². The van der Waals surface area contributed by atoms with Crippen LogP contribution in [0.2, 0.25) is 0 Å². The molecule has 0 aliphatic heterocycles. The quantitative estimate of drug-likeness (QED) is 0.753. The van der Waals surface area contributed by atoms with E-state index in [0.29, 0.717) is 6.54 Å². The van der Waals surface area contributed by atoms with E-state index in [4.69, 9.17) is 9.84 Å². The minimum Gasteiger partial charge on any atom is -0.496 e. The first-order valence-electron chi connectivity index (χ1n) is 6.26. The van der Waals surface area contributed by atoms with Crippen molar-refractivity contribution in [1.82, 2.24) is 4.90 Å². The van der Waals surface area contributed by atoms with Crippen LogP contribution < -0.4 is 4.74 Å². The second-order valence-corrected chi connectivity index (χ2v) is 4.55. The largest absolute Gasteiger partial charge is 0.496 e. The third-order valence-electron chi connectivity index (χ3n) is 2.76. The predicted molar refractivity (Wildman–Crippen MR) is 74.8 cm³/mol. The highest BCUT2D eigenvalue weighted by molar-refractivity contribution is 5.33. The molecule has 0 unspecified atom stereocenters. The summed E-state index contributed by atoms with van der Waals surface area (Å²) in [6.45, 7) is 6.64. The Balaban J connectivity index is 2.72. The topological polar surface area (TPSA) is 32.7 Å². The molecule has 0 fully saturated rings. The van der Waals surface area contributed by atoms with E-state index < -0.39 is 0 Å². The zero-order valence-corrected chi connectivity index (χ0v) is 11.5. The number of nitrogens with zero attached hydrogens (tertiary/aromatic N) is 1. The Kier molecular flexibility index (Phi) is 6.47. The second kappa shape index (κ2) is 7.90. The molecule has 18 heavy (non-hydrogen) atoms. The summed E-state index contributed by atoms with van der Waals surface area (Å²) in [6.07, 6.45) is 2.17. The van der Waals surface area contributed by atoms with Crippen molar-refractivity contribution < 1.29 is 9.84 Å². The number of allylic oxidation sites excluding steroid dienone is 1. The molecule has 0 amide bonds. The minimum absolute atomic E-state index is 0.172. The average Bonchev–Trinajstić information content (AvgIpc) is 2.37. The number of ether oxygens (including phenoxy) is 1. The SMILES string of the molecule is COc1ccccc1CN(CC=C(C)C)CCO. The zero-order chi connectivity index (χ0) is 13.4. The standard InChI is InChI=1S/C15H23NO2/c1-13(2)8-9-16(10-11-17)12-14-6-4-5-7-15(14)18-3/h4-8,17H,9-12H2,1-3H3. The highest BCUT2D eigenvalue weighted by Crippen LogP contribution is 2.19. The van der Waals surface area contributed by atoms with E-state index in [1.807, 2.05) is 18.2 Å². The summed E-state index contributed by atoms with van der Waals surface area (Å²) in [5.74, 6) is 0.901. The van der Waals surface area contributed by atoms with E-state index in [9.17, 15) is 0 Å². The Labute approximate surface area is 110 Å². The van der Waals surface area contributed by atoms with Gasteiger partial charge in [0.05, 0.1) is 13.7 Å². The van der Waals surface area contributed by atoms with Gasteiger partial charge in [0.2, 0.25) is 0 Å². The van der Waals surface area contributed by atoms with Crippen LogP contribution in [0, 0.1) is 0 Å². The monoisotopic (exact) mass is 249 g/mol. The number of hydrogen-bond acceptors (Lipinski definition) is 3. The van der Waals surface area contributed by atoms with Crippen molar-refractivity contribution in [2.45, 2.75) is 20.4 Å². The van der Waals surface area contributed by atoms with Gasteiger partial charge in [-0.1, -0.05) is 29.8 Å². The zero-order valence-electron chi connectivity index (χ0n) is 11.5. The first-order valence-corrected chi connectivity index (χ1v) is 6.26. The van der Waals surface area contributed by atoms with E-state index in [1.165, 1.54) is 5.57 Å². The normalized spacial score (nSPS) is 10.5. The Hall–Kier alpha value is -1.32. The van der Waals surface area contributed by atoms with Gasteiger partial charge >= 0.3 is 0 Å². The molecule has 1 rings (SSSR count). The van der Waals surface area contributed by atoms with E-state index in [-0.39, 0.29) is 6.61 Å². The predicted octanol–water partition coefficient (Wildman–Crippen LogP) is 2.46. The highest BCUT2D eigenvalue weighted by atomic mass is 16.5. The number of hydrogen-bond donors (Lipinski definition) is 1. The molecule has 1 aromatic rings. The first-order chi connectivity index (χ1) is 8.67. The second-order valence-electron chi connectivity index (χ2n) is 4.55. The molecule has 100 valence electrons. The van der Waals surface area contributed by atoms with E-state index in [0.717, 1.165) is 24.4 Å². The van der Waals surface area contributed by atoms with Gasteiger partial charge in [0, 0.05) is 25.2 Å². The summed E-state index contributed by atoms with van der Waals surface area (Å²) in [4.78, 5) is 2.20. The molecule has 3 nitrogen and oxygen atoms in total. The lowest BCUT2D eigenvalue weighted by molar-refractivity contribution is 0.201. The van der Waals surface area contributed by atoms with E-state index in [2.05, 4.69) is 30.9 Å². The number of methoxy groups -OCH3 is 1. The maximum absolute atomic E-state index is 9.11. The molecule has 0 spiro atoms. The summed E-state index contributed by atoms with van der Waals surface area (Å²) in [6, 6.07) is 8.00. The molecule has 1 aromatic carbocycles. The molecule has 0 saturated carbocycles. The highest BCUT2D eigenvalue weighted by Gasteiger charge is 2.07. The van der Waals surface area contributed by atoms with Crippen molar-refractivity contribution in [3.8, 4) is 5.75 Å². The molecule has 0 saturated heterocycles. The number of benzene rings is 1. The van der Waals surface area contributed by atoms with Gasteiger partial charge in [-0.05, 0) is 19.9 Å². The lowest BCUT2D eigenvalue weighted by Crippen LogP contribution is -2.27. The van der Waals surface area contributed by atoms with Gasteiger partial charge in [0.15, 0.2) is 0 Å². The molecule has 1 N–H and O–H groups in total. The summed E-state index contributed by atoms with van der Waals surface area (Å²) < 4.78 is 5.35. The smallest absolute Gasteiger partial charge is 0.123 e. The third kappa shape index (κ3) is 4.90. The van der Waals surface area contributed by atoms with Crippen LogP contribution in [0.25, 0.3) is 0 Å². The summed E-state index contributed by atoms with van der Waals surface area (Å²) in [5.41, 5.74) is 2.44. The maximum Gasteiger partial charge on any atom is 0.123 e. The molecule has 0 aliphatic carbocycles. The van der Waals surface area contributed by atoms with Crippen LogP contribution in [-0.4, -0.2) is 36.8 Å². The number of rotatable bonds is 7. The summed E-state index contributed by atoms with van der Waals surface area (Å²) >= 11 is 0. The van der Waals surface area contributed by atoms with Crippen LogP contribution in [-0.2, 0) is 6.54 Å². The van der Waals surface area contributed by atoms with Crippen LogP contribution in [0.5, 0.6) is 5.75 Å². The first kappa shape index (κ1) is 14.7. The molecule has 3 heteroatoms. The minimum atomic E-state index is 0.172. The molecular weight excluding hydrogens is 226 g/mol. The molecule has 0 aliphatic rings. The van der Waals surface area contributed by atoms with E-state index >= 15 is 0 Å². The fourth-order valence-electron chi connectivity index (χ4n) is 1.76. The van der Waals surface area contributed by atoms with Gasteiger partial charge < -0.3 is 9.84 Å². The lowest BCUT2D eigenvalue weighted by atomic mass is 10.2. The Morgan fingerprint density at radius 1 is 1.33 bits per heavy atom. The van der Waals surface area contributed by atoms with Crippen molar-refractivity contribution in [3.63, 3.8) is 0 Å². The van der Waals surface area contributed by atoms with Gasteiger partial charge in [-0.2, -0.15) is 0 Å². The van der Waals surface area contributed by atoms with Gasteiger partial charge in [-0.25, -0.2) is 0 Å². The van der Waals surface area contributed by atoms with Crippen molar-refractivity contribution in [2.75, 3.05) is 26.8 Å². The molecular formula is C15H23NO2. The molecule has 0 heterocycles. The third-order valence-corrected chi connectivity index (χ3v) is 2.76. The Morgan fingerprint density at radius 2 is 2.06 bits per heavy atom. The fourth-order valence-corrected chi connectivity index (χ4v) is 1.76. The Morgan fingerprint density at radius 3 is 2.67 bits per heavy atom. The Bertz CT molecular complexity index is 384. The maximum atomic E-state index is 9.11. The van der Waals surface area contributed by atoms with Crippen molar-refractivity contribution in [3.05, 3.63) is 41.5 Å². The number of aliphatic hydroxyl groups excluding tert-OH is 1. The molecule has 0 aromatic heterocycles. The molecule has 0 bridgehead atoms. The fraction of sp³-hybridized carbons (Fsp3) is 0.467. The van der Waals surface area contributed by atoms with Crippen molar-refractivity contribution in [1.29, 1.82) is 0 Å². The van der Waals surface area contributed by atoms with Crippen molar-refractivity contribution >= 4 is 0 Å². The van der Waals surface area contributed by atoms with Crippen molar-refractivity contribution in [2.24, 2.45) is 0 Å². The van der Waals surface area contributed by atoms with Gasteiger partial charge in [-0.15, -0.1) is 0 Å². The average molecular weight is 249 g/mol. The van der Waals surface area contributed by atoms with Crippen LogP contribution in [0.1, 0.15) is 19.4 Å². The van der Waals surface area contributed by atoms with Crippen LogP contribution in [0.3, 0.4) is 0 Å². The van der Waals surface area contributed by atoms with E-state index in [1.54, 1.807) is 7.11 Å². The number of para-hydroxylation sites is 1.